The van der Waals surface area contributed by atoms with Crippen molar-refractivity contribution < 1.29 is 13.2 Å². The largest absolute Gasteiger partial charge is 0.416 e. The molecule has 3 rings (SSSR count). The van der Waals surface area contributed by atoms with Crippen LogP contribution in [0.4, 0.5) is 13.2 Å². The van der Waals surface area contributed by atoms with Crippen LogP contribution in [0.25, 0.3) is 16.7 Å². The van der Waals surface area contributed by atoms with Crippen LogP contribution < -0.4 is 0 Å². The van der Waals surface area contributed by atoms with E-state index in [1.807, 2.05) is 0 Å². The lowest BCUT2D eigenvalue weighted by Crippen LogP contribution is -2.06. The van der Waals surface area contributed by atoms with Crippen LogP contribution in [0.15, 0.2) is 36.7 Å². The molecule has 0 spiro atoms. The zero-order valence-corrected chi connectivity index (χ0v) is 11.9. The number of halogens is 4. The fraction of sp³-hybridized carbons (Fsp3) is 0.0769. The minimum atomic E-state index is -4.48. The molecule has 0 aliphatic carbocycles. The van der Waals surface area contributed by atoms with Crippen LogP contribution in [-0.2, 0) is 6.18 Å². The first-order valence-corrected chi connectivity index (χ1v) is 6.58. The van der Waals surface area contributed by atoms with E-state index >= 15 is 0 Å². The number of rotatable bonds is 1. The van der Waals surface area contributed by atoms with Crippen molar-refractivity contribution in [3.63, 3.8) is 0 Å². The molecule has 108 valence electrons. The highest BCUT2D eigenvalue weighted by atomic mass is 35.5. The van der Waals surface area contributed by atoms with Crippen LogP contribution in [0.3, 0.4) is 0 Å². The van der Waals surface area contributed by atoms with E-state index in [9.17, 15) is 13.2 Å². The van der Waals surface area contributed by atoms with E-state index < -0.39 is 11.7 Å². The fourth-order valence-corrected chi connectivity index (χ4v) is 2.63. The Bertz CT molecular complexity index is 882. The van der Waals surface area contributed by atoms with Gasteiger partial charge in [-0.25, -0.2) is 0 Å². The molecule has 0 saturated heterocycles. The molecule has 3 nitrogen and oxygen atoms in total. The summed E-state index contributed by atoms with van der Waals surface area (Å²) in [6.07, 6.45) is -1.39. The lowest BCUT2D eigenvalue weighted by atomic mass is 10.2. The Morgan fingerprint density at radius 3 is 2.71 bits per heavy atom. The Morgan fingerprint density at radius 2 is 2.00 bits per heavy atom. The predicted octanol–water partition coefficient (Wildman–Crippen LogP) is 4.76. The number of aromatic amines is 1. The van der Waals surface area contributed by atoms with Crippen LogP contribution in [0, 0.1) is 4.77 Å². The Balaban J connectivity index is 2.31. The molecule has 0 fully saturated rings. The van der Waals surface area contributed by atoms with Crippen LogP contribution in [0.5, 0.6) is 0 Å². The summed E-state index contributed by atoms with van der Waals surface area (Å²) < 4.78 is 40.4. The molecule has 0 bridgehead atoms. The Morgan fingerprint density at radius 1 is 1.24 bits per heavy atom. The minimum Gasteiger partial charge on any atom is -0.329 e. The molecule has 0 aliphatic rings. The molecule has 0 radical (unpaired) electrons. The van der Waals surface area contributed by atoms with Crippen LogP contribution in [-0.4, -0.2) is 14.5 Å². The summed E-state index contributed by atoms with van der Waals surface area (Å²) in [5, 5.41) is -0.00914. The van der Waals surface area contributed by atoms with Crippen molar-refractivity contribution in [3.05, 3.63) is 52.0 Å². The van der Waals surface area contributed by atoms with Crippen molar-refractivity contribution in [2.24, 2.45) is 0 Å². The maximum Gasteiger partial charge on any atom is 0.416 e. The average molecular weight is 330 g/mol. The van der Waals surface area contributed by atoms with Gasteiger partial charge in [-0.2, -0.15) is 13.2 Å². The number of hydrogen-bond acceptors (Lipinski definition) is 2. The number of aromatic nitrogens is 3. The zero-order valence-electron chi connectivity index (χ0n) is 10.3. The summed E-state index contributed by atoms with van der Waals surface area (Å²) in [6.45, 7) is 0. The van der Waals surface area contributed by atoms with Gasteiger partial charge in [0.1, 0.15) is 0 Å². The third kappa shape index (κ3) is 2.54. The molecule has 0 saturated carbocycles. The Hall–Kier alpha value is -1.86. The molecule has 0 aliphatic heterocycles. The van der Waals surface area contributed by atoms with Gasteiger partial charge in [0, 0.05) is 11.2 Å². The summed E-state index contributed by atoms with van der Waals surface area (Å²) in [7, 11) is 0. The number of nitrogens with zero attached hydrogens (tertiary/aromatic N) is 2. The first kappa shape index (κ1) is 14.1. The lowest BCUT2D eigenvalue weighted by molar-refractivity contribution is -0.137. The number of benzene rings is 1. The molecular formula is C13H7ClF3N3S. The zero-order chi connectivity index (χ0) is 15.2. The van der Waals surface area contributed by atoms with E-state index in [0.29, 0.717) is 11.0 Å². The summed E-state index contributed by atoms with van der Waals surface area (Å²) in [5.74, 6) is 0. The molecule has 21 heavy (non-hydrogen) atoms. The van der Waals surface area contributed by atoms with E-state index in [0.717, 1.165) is 12.1 Å². The van der Waals surface area contributed by atoms with Crippen molar-refractivity contribution >= 4 is 34.9 Å². The van der Waals surface area contributed by atoms with Gasteiger partial charge in [-0.1, -0.05) is 11.6 Å². The van der Waals surface area contributed by atoms with E-state index in [2.05, 4.69) is 9.97 Å². The van der Waals surface area contributed by atoms with Gasteiger partial charge in [0.15, 0.2) is 4.77 Å². The standard InChI is InChI=1S/C13H7ClF3N3S/c14-8-3-7(13(15,16)17)4-9(5-8)20-11-1-2-18-6-10(11)19-12(20)21/h1-6H,(H,19,21). The first-order chi connectivity index (χ1) is 9.86. The number of fused-ring (bicyclic) bond motifs is 1. The highest BCUT2D eigenvalue weighted by molar-refractivity contribution is 7.71. The molecule has 3 aromatic rings. The molecule has 8 heteroatoms. The smallest absolute Gasteiger partial charge is 0.329 e. The van der Waals surface area contributed by atoms with Crippen molar-refractivity contribution in [1.82, 2.24) is 14.5 Å². The molecule has 2 aromatic heterocycles. The first-order valence-electron chi connectivity index (χ1n) is 5.79. The normalized spacial score (nSPS) is 12.0. The van der Waals surface area contributed by atoms with Gasteiger partial charge in [0.05, 0.1) is 28.5 Å². The van der Waals surface area contributed by atoms with Crippen LogP contribution in [0.1, 0.15) is 5.56 Å². The van der Waals surface area contributed by atoms with Gasteiger partial charge in [-0.05, 0) is 36.5 Å². The quantitative estimate of drug-likeness (QED) is 0.653. The second-order valence-electron chi connectivity index (χ2n) is 4.35. The minimum absolute atomic E-state index is 0.00914. The highest BCUT2D eigenvalue weighted by Gasteiger charge is 2.31. The number of nitrogens with one attached hydrogen (secondary N) is 1. The van der Waals surface area contributed by atoms with Gasteiger partial charge < -0.3 is 4.98 Å². The lowest BCUT2D eigenvalue weighted by Gasteiger charge is -2.11. The second-order valence-corrected chi connectivity index (χ2v) is 5.18. The molecule has 0 amide bonds. The molecule has 2 heterocycles. The van der Waals surface area contributed by atoms with Gasteiger partial charge in [-0.15, -0.1) is 0 Å². The maximum absolute atomic E-state index is 12.9. The average Bonchev–Trinajstić information content (AvgIpc) is 2.72. The molecule has 1 N–H and O–H groups in total. The van der Waals surface area contributed by atoms with Gasteiger partial charge in [0.25, 0.3) is 0 Å². The van der Waals surface area contributed by atoms with E-state index in [-0.39, 0.29) is 15.5 Å². The Labute approximate surface area is 127 Å². The van der Waals surface area contributed by atoms with Crippen LogP contribution in [0.2, 0.25) is 5.02 Å². The van der Waals surface area contributed by atoms with Crippen molar-refractivity contribution in [3.8, 4) is 5.69 Å². The van der Waals surface area contributed by atoms with Gasteiger partial charge in [0.2, 0.25) is 0 Å². The summed E-state index contributed by atoms with van der Waals surface area (Å²) in [6, 6.07) is 4.98. The van der Waals surface area contributed by atoms with E-state index in [1.54, 1.807) is 12.3 Å². The second kappa shape index (κ2) is 4.85. The number of alkyl halides is 3. The van der Waals surface area contributed by atoms with Crippen molar-refractivity contribution in [2.45, 2.75) is 6.18 Å². The SMILES string of the molecule is FC(F)(F)c1cc(Cl)cc(-n2c(=S)[nH]c3cnccc32)c1. The monoisotopic (exact) mass is 329 g/mol. The van der Waals surface area contributed by atoms with Gasteiger partial charge in [-0.3, -0.25) is 9.55 Å². The molecule has 0 unspecified atom stereocenters. The number of hydrogen-bond donors (Lipinski definition) is 1. The highest BCUT2D eigenvalue weighted by Crippen LogP contribution is 2.33. The van der Waals surface area contributed by atoms with E-state index in [1.165, 1.54) is 16.8 Å². The number of pyridine rings is 1. The topological polar surface area (TPSA) is 33.6 Å². The van der Waals surface area contributed by atoms with E-state index in [4.69, 9.17) is 23.8 Å². The summed E-state index contributed by atoms with van der Waals surface area (Å²) >= 11 is 11.0. The fourth-order valence-electron chi connectivity index (χ4n) is 2.08. The molecular weight excluding hydrogens is 323 g/mol. The van der Waals surface area contributed by atoms with Crippen molar-refractivity contribution in [2.75, 3.05) is 0 Å². The van der Waals surface area contributed by atoms with Crippen LogP contribution >= 0.6 is 23.8 Å². The number of H-pyrrole nitrogens is 1. The number of imidazole rings is 1. The summed E-state index contributed by atoms with van der Waals surface area (Å²) in [4.78, 5) is 6.83. The Kier molecular flexibility index (Phi) is 3.26. The van der Waals surface area contributed by atoms with Crippen molar-refractivity contribution in [1.29, 1.82) is 0 Å². The molecule has 0 atom stereocenters. The maximum atomic E-state index is 12.9. The van der Waals surface area contributed by atoms with Gasteiger partial charge >= 0.3 is 6.18 Å². The third-order valence-corrected chi connectivity index (χ3v) is 3.45. The molecule has 1 aromatic carbocycles. The third-order valence-electron chi connectivity index (χ3n) is 2.95. The predicted molar refractivity (Wildman–Crippen MR) is 76.3 cm³/mol. The summed E-state index contributed by atoms with van der Waals surface area (Å²) in [5.41, 5.74) is 0.689.